The Bertz CT molecular complexity index is 413. The lowest BCUT2D eigenvalue weighted by atomic mass is 9.91. The minimum absolute atomic E-state index is 0.00185. The second kappa shape index (κ2) is 3.29. The molecule has 0 fully saturated rings. The summed E-state index contributed by atoms with van der Waals surface area (Å²) in [6.07, 6.45) is 1.37. The summed E-state index contributed by atoms with van der Waals surface area (Å²) < 4.78 is 0. The van der Waals surface area contributed by atoms with Crippen molar-refractivity contribution < 1.29 is 4.79 Å². The van der Waals surface area contributed by atoms with Crippen LogP contribution in [0.3, 0.4) is 0 Å². The van der Waals surface area contributed by atoms with Gasteiger partial charge in [-0.15, -0.1) is 0 Å². The number of carbonyl (C=O) groups excluding carboxylic acids is 1. The van der Waals surface area contributed by atoms with E-state index >= 15 is 0 Å². The number of aromatic amines is 1. The molecule has 1 rings (SSSR count). The number of aromatic nitrogens is 1. The molecule has 14 heavy (non-hydrogen) atoms. The molecule has 4 nitrogen and oxygen atoms in total. The summed E-state index contributed by atoms with van der Waals surface area (Å²) in [5.41, 5.74) is 5.32. The Labute approximate surface area is 82.1 Å². The Hall–Kier alpha value is -1.58. The zero-order valence-electron chi connectivity index (χ0n) is 8.55. The number of H-pyrrole nitrogens is 1. The first-order chi connectivity index (χ1) is 6.32. The quantitative estimate of drug-likeness (QED) is 0.692. The van der Waals surface area contributed by atoms with Crippen LogP contribution < -0.4 is 11.2 Å². The van der Waals surface area contributed by atoms with E-state index in [-0.39, 0.29) is 16.4 Å². The zero-order chi connectivity index (χ0) is 10.9. The van der Waals surface area contributed by atoms with Crippen LogP contribution in [0.1, 0.15) is 36.8 Å². The molecule has 1 amide bonds. The lowest BCUT2D eigenvalue weighted by Crippen LogP contribution is -2.24. The maximum atomic E-state index is 11.4. The Kier molecular flexibility index (Phi) is 2.47. The van der Waals surface area contributed by atoms with E-state index in [0.29, 0.717) is 0 Å². The van der Waals surface area contributed by atoms with Crippen LogP contribution in [0.4, 0.5) is 0 Å². The lowest BCUT2D eigenvalue weighted by Gasteiger charge is -2.18. The number of carbonyl (C=O) groups is 1. The number of pyridine rings is 1. The number of primary amides is 1. The van der Waals surface area contributed by atoms with Crippen molar-refractivity contribution in [2.45, 2.75) is 26.2 Å². The summed E-state index contributed by atoms with van der Waals surface area (Å²) >= 11 is 0. The van der Waals surface area contributed by atoms with Crippen molar-refractivity contribution in [1.29, 1.82) is 0 Å². The molecule has 0 radical (unpaired) electrons. The molecule has 0 aliphatic heterocycles. The third-order valence-corrected chi connectivity index (χ3v) is 1.99. The van der Waals surface area contributed by atoms with Crippen LogP contribution in [0.2, 0.25) is 0 Å². The van der Waals surface area contributed by atoms with Gasteiger partial charge in [-0.1, -0.05) is 20.8 Å². The van der Waals surface area contributed by atoms with E-state index in [1.165, 1.54) is 12.3 Å². The molecule has 1 aromatic rings. The van der Waals surface area contributed by atoms with E-state index in [1.807, 2.05) is 20.8 Å². The molecule has 0 atom stereocenters. The van der Waals surface area contributed by atoms with Crippen LogP contribution in [0, 0.1) is 0 Å². The fourth-order valence-electron chi connectivity index (χ4n) is 1.10. The average molecular weight is 194 g/mol. The molecule has 0 aliphatic carbocycles. The first-order valence-electron chi connectivity index (χ1n) is 4.35. The minimum atomic E-state index is -0.702. The van der Waals surface area contributed by atoms with Crippen molar-refractivity contribution in [2.75, 3.05) is 0 Å². The van der Waals surface area contributed by atoms with E-state index in [1.54, 1.807) is 0 Å². The van der Waals surface area contributed by atoms with E-state index in [2.05, 4.69) is 4.98 Å². The number of amides is 1. The second-order valence-electron chi connectivity index (χ2n) is 4.24. The monoisotopic (exact) mass is 194 g/mol. The zero-order valence-corrected chi connectivity index (χ0v) is 8.55. The summed E-state index contributed by atoms with van der Waals surface area (Å²) in [6.45, 7) is 5.92. The molecule has 1 heterocycles. The van der Waals surface area contributed by atoms with Gasteiger partial charge in [-0.2, -0.15) is 0 Å². The predicted octanol–water partition coefficient (Wildman–Crippen LogP) is 0.771. The summed E-state index contributed by atoms with van der Waals surface area (Å²) in [5.74, 6) is -0.702. The largest absolute Gasteiger partial charge is 0.365 e. The maximum Gasteiger partial charge on any atom is 0.254 e. The second-order valence-corrected chi connectivity index (χ2v) is 4.24. The van der Waals surface area contributed by atoms with Crippen molar-refractivity contribution >= 4 is 5.91 Å². The van der Waals surface area contributed by atoms with Gasteiger partial charge in [0.05, 0.1) is 0 Å². The maximum absolute atomic E-state index is 11.4. The van der Waals surface area contributed by atoms with Crippen LogP contribution in [0.5, 0.6) is 0 Å². The van der Waals surface area contributed by atoms with E-state index < -0.39 is 5.91 Å². The van der Waals surface area contributed by atoms with Crippen molar-refractivity contribution in [3.8, 4) is 0 Å². The van der Waals surface area contributed by atoms with E-state index in [0.717, 1.165) is 5.69 Å². The topological polar surface area (TPSA) is 76.0 Å². The van der Waals surface area contributed by atoms with Crippen LogP contribution in [-0.2, 0) is 5.41 Å². The van der Waals surface area contributed by atoms with Gasteiger partial charge in [0.15, 0.2) is 5.43 Å². The molecule has 0 aliphatic rings. The van der Waals surface area contributed by atoms with Gasteiger partial charge >= 0.3 is 0 Å². The Balaban J connectivity index is 3.27. The molecule has 0 saturated carbocycles. The molecule has 0 unspecified atom stereocenters. The highest BCUT2D eigenvalue weighted by molar-refractivity contribution is 5.92. The number of hydrogen-bond acceptors (Lipinski definition) is 2. The predicted molar refractivity (Wildman–Crippen MR) is 54.3 cm³/mol. The third kappa shape index (κ3) is 2.02. The highest BCUT2D eigenvalue weighted by Crippen LogP contribution is 2.17. The van der Waals surface area contributed by atoms with Gasteiger partial charge in [0, 0.05) is 23.4 Å². The fourth-order valence-corrected chi connectivity index (χ4v) is 1.10. The first-order valence-corrected chi connectivity index (χ1v) is 4.35. The van der Waals surface area contributed by atoms with Gasteiger partial charge in [0.1, 0.15) is 5.56 Å². The van der Waals surface area contributed by atoms with Crippen LogP contribution in [0.15, 0.2) is 17.1 Å². The van der Waals surface area contributed by atoms with Gasteiger partial charge < -0.3 is 10.7 Å². The van der Waals surface area contributed by atoms with Crippen LogP contribution in [0.25, 0.3) is 0 Å². The highest BCUT2D eigenvalue weighted by Gasteiger charge is 2.16. The Morgan fingerprint density at radius 2 is 2.00 bits per heavy atom. The van der Waals surface area contributed by atoms with E-state index in [9.17, 15) is 9.59 Å². The summed E-state index contributed by atoms with van der Waals surface area (Å²) in [4.78, 5) is 25.1. The molecule has 0 bridgehead atoms. The number of hydrogen-bond donors (Lipinski definition) is 2. The average Bonchev–Trinajstić information content (AvgIpc) is 2.01. The van der Waals surface area contributed by atoms with Crippen molar-refractivity contribution in [3.05, 3.63) is 33.7 Å². The molecule has 3 N–H and O–H groups in total. The summed E-state index contributed by atoms with van der Waals surface area (Å²) in [5, 5.41) is 0. The molecular weight excluding hydrogens is 180 g/mol. The Morgan fingerprint density at radius 1 is 1.43 bits per heavy atom. The van der Waals surface area contributed by atoms with E-state index in [4.69, 9.17) is 5.73 Å². The molecule has 76 valence electrons. The summed E-state index contributed by atoms with van der Waals surface area (Å²) in [6, 6.07) is 1.42. The van der Waals surface area contributed by atoms with Crippen LogP contribution in [-0.4, -0.2) is 10.9 Å². The minimum Gasteiger partial charge on any atom is -0.365 e. The first kappa shape index (κ1) is 10.5. The molecule has 4 heteroatoms. The van der Waals surface area contributed by atoms with Crippen molar-refractivity contribution in [2.24, 2.45) is 5.73 Å². The Morgan fingerprint density at radius 3 is 2.36 bits per heavy atom. The summed E-state index contributed by atoms with van der Waals surface area (Å²) in [7, 11) is 0. The van der Waals surface area contributed by atoms with Crippen molar-refractivity contribution in [1.82, 2.24) is 4.98 Å². The lowest BCUT2D eigenvalue weighted by molar-refractivity contribution is 0.0999. The normalized spacial score (nSPS) is 11.4. The standard InChI is InChI=1S/C10H14N2O2/c1-10(2,3)8-4-7(13)6(5-12-8)9(11)14/h4-5H,1-3H3,(H2,11,14)(H,12,13). The van der Waals surface area contributed by atoms with Crippen LogP contribution >= 0.6 is 0 Å². The molecule has 1 aromatic heterocycles. The molecule has 0 aromatic carbocycles. The van der Waals surface area contributed by atoms with Gasteiger partial charge in [0.2, 0.25) is 0 Å². The van der Waals surface area contributed by atoms with Gasteiger partial charge in [-0.25, -0.2) is 0 Å². The fraction of sp³-hybridized carbons (Fsp3) is 0.400. The molecule has 0 spiro atoms. The molecular formula is C10H14N2O2. The van der Waals surface area contributed by atoms with Crippen molar-refractivity contribution in [3.63, 3.8) is 0 Å². The third-order valence-electron chi connectivity index (χ3n) is 1.99. The number of nitrogens with two attached hydrogens (primary N) is 1. The smallest absolute Gasteiger partial charge is 0.254 e. The van der Waals surface area contributed by atoms with Gasteiger partial charge in [-0.3, -0.25) is 9.59 Å². The number of nitrogens with one attached hydrogen (secondary N) is 1. The van der Waals surface area contributed by atoms with Gasteiger partial charge in [0.25, 0.3) is 5.91 Å². The SMILES string of the molecule is CC(C)(C)c1cc(=O)c(C(N)=O)c[nH]1. The number of rotatable bonds is 1. The molecule has 0 saturated heterocycles. The van der Waals surface area contributed by atoms with Gasteiger partial charge in [-0.05, 0) is 0 Å². The highest BCUT2D eigenvalue weighted by atomic mass is 16.2.